The summed E-state index contributed by atoms with van der Waals surface area (Å²) in [5.74, 6) is 2.03. The summed E-state index contributed by atoms with van der Waals surface area (Å²) in [6.45, 7) is 9.23. The minimum absolute atomic E-state index is 0.579. The standard InChI is InChI=1S/C22H28/c1-5-17-10-11-18(14-16(17)4)20-13-12-19(15(2)3)21-8-6-7-9-22(20)21/h6-11,14-15,19-20H,5,12-13H2,1-4H3. The topological polar surface area (TPSA) is 0 Å². The lowest BCUT2D eigenvalue weighted by Crippen LogP contribution is -2.19. The maximum Gasteiger partial charge on any atom is 0.00924 e. The molecule has 116 valence electrons. The highest BCUT2D eigenvalue weighted by atomic mass is 14.3. The van der Waals surface area contributed by atoms with Crippen molar-refractivity contribution in [2.75, 3.05) is 0 Å². The van der Waals surface area contributed by atoms with E-state index in [9.17, 15) is 0 Å². The zero-order valence-electron chi connectivity index (χ0n) is 14.4. The molecular formula is C22H28. The van der Waals surface area contributed by atoms with Gasteiger partial charge in [-0.25, -0.2) is 0 Å². The van der Waals surface area contributed by atoms with Gasteiger partial charge in [-0.1, -0.05) is 63.2 Å². The minimum atomic E-state index is 0.579. The minimum Gasteiger partial charge on any atom is -0.0622 e. The first-order valence-electron chi connectivity index (χ1n) is 8.80. The molecule has 0 N–H and O–H groups in total. The van der Waals surface area contributed by atoms with Crippen LogP contribution < -0.4 is 0 Å². The third-order valence-corrected chi connectivity index (χ3v) is 5.49. The van der Waals surface area contributed by atoms with Crippen molar-refractivity contribution in [3.8, 4) is 0 Å². The van der Waals surface area contributed by atoms with Crippen molar-refractivity contribution in [3.63, 3.8) is 0 Å². The van der Waals surface area contributed by atoms with Crippen LogP contribution in [0.3, 0.4) is 0 Å². The first-order valence-corrected chi connectivity index (χ1v) is 8.80. The molecule has 0 heteroatoms. The van der Waals surface area contributed by atoms with Crippen LogP contribution in [0.2, 0.25) is 0 Å². The molecule has 2 aromatic rings. The van der Waals surface area contributed by atoms with Crippen LogP contribution in [0.25, 0.3) is 0 Å². The van der Waals surface area contributed by atoms with Crippen molar-refractivity contribution in [1.82, 2.24) is 0 Å². The van der Waals surface area contributed by atoms with Gasteiger partial charge in [0, 0.05) is 5.92 Å². The maximum absolute atomic E-state index is 2.43. The van der Waals surface area contributed by atoms with Crippen LogP contribution in [0.4, 0.5) is 0 Å². The van der Waals surface area contributed by atoms with Crippen LogP contribution in [0.1, 0.15) is 73.3 Å². The molecule has 2 unspecified atom stereocenters. The monoisotopic (exact) mass is 292 g/mol. The van der Waals surface area contributed by atoms with E-state index in [1.54, 1.807) is 11.1 Å². The quantitative estimate of drug-likeness (QED) is 0.629. The molecule has 0 amide bonds. The van der Waals surface area contributed by atoms with Crippen LogP contribution in [0.15, 0.2) is 42.5 Å². The lowest BCUT2D eigenvalue weighted by atomic mass is 9.70. The Morgan fingerprint density at radius 2 is 1.73 bits per heavy atom. The Kier molecular flexibility index (Phi) is 4.38. The normalized spacial score (nSPS) is 21.0. The molecule has 2 atom stereocenters. The van der Waals surface area contributed by atoms with E-state index in [1.807, 2.05) is 0 Å². The molecule has 0 saturated heterocycles. The van der Waals surface area contributed by atoms with Gasteiger partial charge < -0.3 is 0 Å². The SMILES string of the molecule is CCc1ccc(C2CCC(C(C)C)c3ccccc32)cc1C. The van der Waals surface area contributed by atoms with Crippen molar-refractivity contribution in [1.29, 1.82) is 0 Å². The van der Waals surface area contributed by atoms with Crippen LogP contribution in [-0.2, 0) is 6.42 Å². The third-order valence-electron chi connectivity index (χ3n) is 5.49. The highest BCUT2D eigenvalue weighted by Gasteiger charge is 2.29. The average Bonchev–Trinajstić information content (AvgIpc) is 2.53. The lowest BCUT2D eigenvalue weighted by Gasteiger charge is -2.34. The Bertz CT molecular complexity index is 651. The molecule has 2 aromatic carbocycles. The second kappa shape index (κ2) is 6.28. The molecule has 3 rings (SSSR count). The first-order chi connectivity index (χ1) is 10.6. The van der Waals surface area contributed by atoms with Gasteiger partial charge in [0.1, 0.15) is 0 Å². The van der Waals surface area contributed by atoms with Crippen molar-refractivity contribution in [3.05, 3.63) is 70.3 Å². The molecule has 0 bridgehead atoms. The summed E-state index contributed by atoms with van der Waals surface area (Å²) in [7, 11) is 0. The van der Waals surface area contributed by atoms with Gasteiger partial charge in [0.25, 0.3) is 0 Å². The summed E-state index contributed by atoms with van der Waals surface area (Å²) < 4.78 is 0. The number of hydrogen-bond donors (Lipinski definition) is 0. The van der Waals surface area contributed by atoms with E-state index < -0.39 is 0 Å². The zero-order chi connectivity index (χ0) is 15.7. The molecule has 0 aromatic heterocycles. The Morgan fingerprint density at radius 3 is 2.36 bits per heavy atom. The molecule has 0 spiro atoms. The Labute approximate surface area is 135 Å². The molecule has 0 radical (unpaired) electrons. The molecular weight excluding hydrogens is 264 g/mol. The van der Waals surface area contributed by atoms with E-state index in [1.165, 1.54) is 29.5 Å². The fourth-order valence-corrected chi connectivity index (χ4v) is 4.19. The number of hydrogen-bond acceptors (Lipinski definition) is 0. The van der Waals surface area contributed by atoms with E-state index >= 15 is 0 Å². The number of benzene rings is 2. The van der Waals surface area contributed by atoms with Gasteiger partial charge in [0.15, 0.2) is 0 Å². The predicted molar refractivity (Wildman–Crippen MR) is 95.7 cm³/mol. The van der Waals surface area contributed by atoms with Gasteiger partial charge in [0.05, 0.1) is 0 Å². The smallest absolute Gasteiger partial charge is 0.00924 e. The fraction of sp³-hybridized carbons (Fsp3) is 0.455. The van der Waals surface area contributed by atoms with Crippen LogP contribution >= 0.6 is 0 Å². The van der Waals surface area contributed by atoms with Crippen molar-refractivity contribution in [2.24, 2.45) is 5.92 Å². The number of rotatable bonds is 3. The summed E-state index contributed by atoms with van der Waals surface area (Å²) in [5.41, 5.74) is 7.59. The molecule has 1 aliphatic carbocycles. The second-order valence-electron chi connectivity index (χ2n) is 7.15. The van der Waals surface area contributed by atoms with Gasteiger partial charge >= 0.3 is 0 Å². The van der Waals surface area contributed by atoms with Gasteiger partial charge in [-0.05, 0) is 65.8 Å². The van der Waals surface area contributed by atoms with Gasteiger partial charge in [-0.15, -0.1) is 0 Å². The number of fused-ring (bicyclic) bond motifs is 1. The summed E-state index contributed by atoms with van der Waals surface area (Å²) in [6.07, 6.45) is 3.72. The molecule has 1 aliphatic rings. The summed E-state index contributed by atoms with van der Waals surface area (Å²) in [5, 5.41) is 0. The van der Waals surface area contributed by atoms with Crippen LogP contribution in [0, 0.1) is 12.8 Å². The second-order valence-corrected chi connectivity index (χ2v) is 7.15. The Morgan fingerprint density at radius 1 is 1.00 bits per heavy atom. The Balaban J connectivity index is 2.02. The number of aryl methyl sites for hydroxylation is 2. The highest BCUT2D eigenvalue weighted by Crippen LogP contribution is 2.45. The summed E-state index contributed by atoms with van der Waals surface area (Å²) in [6, 6.07) is 16.3. The third kappa shape index (κ3) is 2.72. The summed E-state index contributed by atoms with van der Waals surface area (Å²) in [4.78, 5) is 0. The Hall–Kier alpha value is -1.56. The molecule has 0 aliphatic heterocycles. The largest absolute Gasteiger partial charge is 0.0622 e. The van der Waals surface area contributed by atoms with Crippen molar-refractivity contribution < 1.29 is 0 Å². The van der Waals surface area contributed by atoms with E-state index in [4.69, 9.17) is 0 Å². The van der Waals surface area contributed by atoms with E-state index in [0.29, 0.717) is 5.92 Å². The van der Waals surface area contributed by atoms with E-state index in [-0.39, 0.29) is 0 Å². The molecule has 0 heterocycles. The van der Waals surface area contributed by atoms with Crippen LogP contribution in [0.5, 0.6) is 0 Å². The molecule has 0 nitrogen and oxygen atoms in total. The highest BCUT2D eigenvalue weighted by molar-refractivity contribution is 5.44. The average molecular weight is 292 g/mol. The fourth-order valence-electron chi connectivity index (χ4n) is 4.19. The lowest BCUT2D eigenvalue weighted by molar-refractivity contribution is 0.417. The summed E-state index contributed by atoms with van der Waals surface area (Å²) >= 11 is 0. The maximum atomic E-state index is 2.43. The zero-order valence-corrected chi connectivity index (χ0v) is 14.4. The van der Waals surface area contributed by atoms with Crippen molar-refractivity contribution >= 4 is 0 Å². The predicted octanol–water partition coefficient (Wildman–Crippen LogP) is 6.22. The van der Waals surface area contributed by atoms with Crippen LogP contribution in [-0.4, -0.2) is 0 Å². The van der Waals surface area contributed by atoms with E-state index in [0.717, 1.165) is 18.3 Å². The molecule has 0 saturated carbocycles. The van der Waals surface area contributed by atoms with Crippen molar-refractivity contribution in [2.45, 2.75) is 58.8 Å². The first kappa shape index (κ1) is 15.3. The van der Waals surface area contributed by atoms with E-state index in [2.05, 4.69) is 70.2 Å². The van der Waals surface area contributed by atoms with Gasteiger partial charge in [-0.3, -0.25) is 0 Å². The van der Waals surface area contributed by atoms with Gasteiger partial charge in [0.2, 0.25) is 0 Å². The molecule has 0 fully saturated rings. The molecule has 22 heavy (non-hydrogen) atoms. The van der Waals surface area contributed by atoms with Gasteiger partial charge in [-0.2, -0.15) is 0 Å².